The van der Waals surface area contributed by atoms with Crippen LogP contribution in [0.4, 0.5) is 0 Å². The highest BCUT2D eigenvalue weighted by Gasteiger charge is 2.21. The van der Waals surface area contributed by atoms with Crippen molar-refractivity contribution in [3.05, 3.63) is 22.5 Å². The molecule has 0 bridgehead atoms. The normalized spacial score (nSPS) is 10.1. The highest BCUT2D eigenvalue weighted by molar-refractivity contribution is 6.00. The Labute approximate surface area is 99.0 Å². The largest absolute Gasteiger partial charge is 0.465 e. The fraction of sp³-hybridized carbons (Fsp3) is 0.455. The van der Waals surface area contributed by atoms with E-state index in [1.165, 1.54) is 7.11 Å². The van der Waals surface area contributed by atoms with Crippen molar-refractivity contribution in [2.24, 2.45) is 0 Å². The summed E-state index contributed by atoms with van der Waals surface area (Å²) in [5.74, 6) is -0.827. The van der Waals surface area contributed by atoms with Gasteiger partial charge in [0.25, 0.3) is 5.91 Å². The summed E-state index contributed by atoms with van der Waals surface area (Å²) in [5.41, 5.74) is 1.83. The number of aromatic amines is 1. The number of rotatable bonds is 4. The maximum absolute atomic E-state index is 11.7. The van der Waals surface area contributed by atoms with Crippen LogP contribution in [0, 0.1) is 13.8 Å². The van der Waals surface area contributed by atoms with Crippen LogP contribution >= 0.6 is 0 Å². The fourth-order valence-electron chi connectivity index (χ4n) is 1.64. The third-order valence-electron chi connectivity index (χ3n) is 2.45. The molecule has 0 fully saturated rings. The van der Waals surface area contributed by atoms with Crippen LogP contribution < -0.4 is 5.32 Å². The summed E-state index contributed by atoms with van der Waals surface area (Å²) in [6.07, 6.45) is 0. The second-order valence-electron chi connectivity index (χ2n) is 3.60. The van der Waals surface area contributed by atoms with Gasteiger partial charge in [0.05, 0.1) is 19.3 Å². The van der Waals surface area contributed by atoms with Crippen molar-refractivity contribution in [1.29, 1.82) is 0 Å². The average molecular weight is 240 g/mol. The van der Waals surface area contributed by atoms with Gasteiger partial charge in [0.2, 0.25) is 0 Å². The second kappa shape index (κ2) is 5.49. The lowest BCUT2D eigenvalue weighted by molar-refractivity contribution is 0.0599. The lowest BCUT2D eigenvalue weighted by atomic mass is 10.1. The Morgan fingerprint density at radius 3 is 2.59 bits per heavy atom. The third-order valence-corrected chi connectivity index (χ3v) is 2.45. The number of carbonyl (C=O) groups is 2. The highest BCUT2D eigenvalue weighted by atomic mass is 16.5. The second-order valence-corrected chi connectivity index (χ2v) is 3.60. The number of nitrogens with one attached hydrogen (secondary N) is 2. The molecule has 3 N–H and O–H groups in total. The van der Waals surface area contributed by atoms with Crippen molar-refractivity contribution in [3.63, 3.8) is 0 Å². The zero-order valence-corrected chi connectivity index (χ0v) is 10.1. The van der Waals surface area contributed by atoms with E-state index >= 15 is 0 Å². The molecule has 1 amide bonds. The highest BCUT2D eigenvalue weighted by Crippen LogP contribution is 2.18. The number of aromatic nitrogens is 1. The van der Waals surface area contributed by atoms with E-state index in [1.54, 1.807) is 13.8 Å². The lowest BCUT2D eigenvalue weighted by Crippen LogP contribution is -2.27. The van der Waals surface area contributed by atoms with Crippen molar-refractivity contribution >= 4 is 11.9 Å². The van der Waals surface area contributed by atoms with Gasteiger partial charge in [-0.15, -0.1) is 0 Å². The molecule has 6 nitrogen and oxygen atoms in total. The van der Waals surface area contributed by atoms with Gasteiger partial charge in [-0.1, -0.05) is 0 Å². The minimum atomic E-state index is -0.475. The van der Waals surface area contributed by atoms with Crippen molar-refractivity contribution in [2.75, 3.05) is 20.3 Å². The summed E-state index contributed by atoms with van der Waals surface area (Å²) >= 11 is 0. The Bertz CT molecular complexity index is 437. The predicted octanol–water partition coefficient (Wildman–Crippen LogP) is 0.140. The fourth-order valence-corrected chi connectivity index (χ4v) is 1.64. The van der Waals surface area contributed by atoms with E-state index in [-0.39, 0.29) is 19.1 Å². The van der Waals surface area contributed by atoms with Crippen LogP contribution in [-0.2, 0) is 4.74 Å². The van der Waals surface area contributed by atoms with Gasteiger partial charge in [-0.2, -0.15) is 0 Å². The number of esters is 1. The number of aryl methyl sites for hydroxylation is 1. The van der Waals surface area contributed by atoms with Crippen LogP contribution in [0.15, 0.2) is 0 Å². The van der Waals surface area contributed by atoms with E-state index in [9.17, 15) is 9.59 Å². The molecule has 1 rings (SSSR count). The maximum atomic E-state index is 11.7. The smallest absolute Gasteiger partial charge is 0.339 e. The number of ether oxygens (including phenoxy) is 1. The topological polar surface area (TPSA) is 91.4 Å². The van der Waals surface area contributed by atoms with Crippen LogP contribution in [0.2, 0.25) is 0 Å². The number of aliphatic hydroxyl groups is 1. The van der Waals surface area contributed by atoms with E-state index in [4.69, 9.17) is 5.11 Å². The van der Waals surface area contributed by atoms with Crippen LogP contribution in [-0.4, -0.2) is 42.2 Å². The zero-order chi connectivity index (χ0) is 13.0. The molecule has 0 spiro atoms. The molecule has 0 radical (unpaired) electrons. The molecule has 94 valence electrons. The summed E-state index contributed by atoms with van der Waals surface area (Å²) in [5, 5.41) is 11.1. The molecule has 17 heavy (non-hydrogen) atoms. The number of methoxy groups -OCH3 is 1. The van der Waals surface area contributed by atoms with Gasteiger partial charge >= 0.3 is 5.97 Å². The minimum Gasteiger partial charge on any atom is -0.465 e. The van der Waals surface area contributed by atoms with Gasteiger partial charge in [0, 0.05) is 12.2 Å². The number of carbonyl (C=O) groups excluding carboxylic acids is 2. The molecule has 1 aromatic heterocycles. The molecule has 0 aromatic carbocycles. The van der Waals surface area contributed by atoms with Gasteiger partial charge in [0.15, 0.2) is 0 Å². The van der Waals surface area contributed by atoms with E-state index in [0.717, 1.165) is 0 Å². The van der Waals surface area contributed by atoms with E-state index in [0.29, 0.717) is 22.5 Å². The molecule has 1 aromatic rings. The van der Waals surface area contributed by atoms with E-state index in [2.05, 4.69) is 15.0 Å². The van der Waals surface area contributed by atoms with Crippen LogP contribution in [0.5, 0.6) is 0 Å². The first kappa shape index (κ1) is 13.2. The molecule has 0 atom stereocenters. The van der Waals surface area contributed by atoms with E-state index in [1.807, 2.05) is 0 Å². The minimum absolute atomic E-state index is 0.131. The maximum Gasteiger partial charge on any atom is 0.339 e. The molecule has 0 saturated carbocycles. The molecule has 0 unspecified atom stereocenters. The van der Waals surface area contributed by atoms with Gasteiger partial charge in [0.1, 0.15) is 5.69 Å². The first-order valence-electron chi connectivity index (χ1n) is 5.19. The molecule has 0 aliphatic heterocycles. The van der Waals surface area contributed by atoms with Gasteiger partial charge < -0.3 is 20.1 Å². The Balaban J connectivity index is 3.04. The summed E-state index contributed by atoms with van der Waals surface area (Å²) in [6.45, 7) is 3.41. The standard InChI is InChI=1S/C11H16N2O4/c1-6-8(11(16)17-3)7(2)13-9(6)10(15)12-4-5-14/h13-14H,4-5H2,1-3H3,(H,12,15). The first-order valence-corrected chi connectivity index (χ1v) is 5.19. The Kier molecular flexibility index (Phi) is 4.28. The number of hydrogen-bond donors (Lipinski definition) is 3. The van der Waals surface area contributed by atoms with Crippen molar-refractivity contribution < 1.29 is 19.4 Å². The summed E-state index contributed by atoms with van der Waals surface area (Å²) < 4.78 is 4.64. The quantitative estimate of drug-likeness (QED) is 0.653. The van der Waals surface area contributed by atoms with E-state index < -0.39 is 5.97 Å². The molecule has 0 aliphatic rings. The summed E-state index contributed by atoms with van der Waals surface area (Å²) in [7, 11) is 1.29. The van der Waals surface area contributed by atoms with Crippen molar-refractivity contribution in [1.82, 2.24) is 10.3 Å². The number of hydrogen-bond acceptors (Lipinski definition) is 4. The number of aliphatic hydroxyl groups excluding tert-OH is 1. The van der Waals surface area contributed by atoms with Crippen molar-refractivity contribution in [3.8, 4) is 0 Å². The van der Waals surface area contributed by atoms with Gasteiger partial charge in [-0.05, 0) is 19.4 Å². The molecule has 0 aliphatic carbocycles. The molecule has 1 heterocycles. The molecular formula is C11H16N2O4. The molecule has 0 saturated heterocycles. The van der Waals surface area contributed by atoms with Gasteiger partial charge in [-0.3, -0.25) is 4.79 Å². The SMILES string of the molecule is COC(=O)c1c(C)[nH]c(C(=O)NCCO)c1C. The monoisotopic (exact) mass is 240 g/mol. The van der Waals surface area contributed by atoms with Gasteiger partial charge in [-0.25, -0.2) is 4.79 Å². The number of H-pyrrole nitrogens is 1. The Hall–Kier alpha value is -1.82. The first-order chi connectivity index (χ1) is 8.02. The lowest BCUT2D eigenvalue weighted by Gasteiger charge is -2.02. The summed E-state index contributed by atoms with van der Waals surface area (Å²) in [4.78, 5) is 26.0. The third kappa shape index (κ3) is 2.65. The molecular weight excluding hydrogens is 224 g/mol. The summed E-state index contributed by atoms with van der Waals surface area (Å²) in [6, 6.07) is 0. The average Bonchev–Trinajstić information content (AvgIpc) is 2.61. The predicted molar refractivity (Wildman–Crippen MR) is 61.0 cm³/mol. The Morgan fingerprint density at radius 1 is 1.41 bits per heavy atom. The van der Waals surface area contributed by atoms with Crippen LogP contribution in [0.25, 0.3) is 0 Å². The Morgan fingerprint density at radius 2 is 2.06 bits per heavy atom. The zero-order valence-electron chi connectivity index (χ0n) is 10.1. The number of amides is 1. The molecule has 6 heteroatoms. The van der Waals surface area contributed by atoms with Crippen LogP contribution in [0.3, 0.4) is 0 Å². The van der Waals surface area contributed by atoms with Crippen LogP contribution in [0.1, 0.15) is 32.1 Å². The van der Waals surface area contributed by atoms with Crippen molar-refractivity contribution in [2.45, 2.75) is 13.8 Å².